The molecular formula is C31H25ClF6N8O5. The van der Waals surface area contributed by atoms with Crippen molar-refractivity contribution in [3.63, 3.8) is 0 Å². The van der Waals surface area contributed by atoms with Crippen LogP contribution in [0.25, 0.3) is 0 Å². The third-order valence-corrected chi connectivity index (χ3v) is 7.81. The number of carbonyl (C=O) groups excluding carboxylic acids is 4. The highest BCUT2D eigenvalue weighted by Crippen LogP contribution is 2.30. The molecule has 0 aliphatic carbocycles. The molecule has 1 saturated heterocycles. The van der Waals surface area contributed by atoms with Crippen LogP contribution >= 0.6 is 11.6 Å². The summed E-state index contributed by atoms with van der Waals surface area (Å²) in [5.74, 6) is -5.96. The summed E-state index contributed by atoms with van der Waals surface area (Å²) in [6, 6.07) is 9.30. The van der Waals surface area contributed by atoms with Crippen LogP contribution in [0.15, 0.2) is 59.6 Å². The summed E-state index contributed by atoms with van der Waals surface area (Å²) in [6.45, 7) is 1.08. The van der Waals surface area contributed by atoms with Gasteiger partial charge in [0.2, 0.25) is 17.6 Å². The summed E-state index contributed by atoms with van der Waals surface area (Å²) in [7, 11) is 0. The Morgan fingerprint density at radius 2 is 1.69 bits per heavy atom. The van der Waals surface area contributed by atoms with Gasteiger partial charge in [-0.3, -0.25) is 24.2 Å². The standard InChI is InChI=1S/C27H25ClN8O3.C4F6O2/c28-21-14-30-27-33-20-9-16(12-29-13-20)1-2-18-11-19(32-25(21)35-27)3-4-22(18)34-24(37)10-17-6-8-36(15-17)26(38)23-5-7-31-39-23;5-3(6,7)1(11)2(12)4(8,9)10/h3-5,7,9,11-14,17H,1-2,6,8,10,15H2,(H,34,37)(H2,30,32,33,35);/t17-;/m0./s1. The third-order valence-electron chi connectivity index (χ3n) is 7.54. The first kappa shape index (κ1) is 36.7. The lowest BCUT2D eigenvalue weighted by molar-refractivity contribution is -0.193. The van der Waals surface area contributed by atoms with Crippen LogP contribution in [0, 0.1) is 5.92 Å². The highest BCUT2D eigenvalue weighted by atomic mass is 35.5. The number of nitrogens with zero attached hydrogens (tertiary/aromatic N) is 5. The third kappa shape index (κ3) is 9.56. The second-order valence-corrected chi connectivity index (χ2v) is 11.7. The fraction of sp³-hybridized carbons (Fsp3) is 0.290. The largest absolute Gasteiger partial charge is 0.458 e. The number of hydrogen-bond donors (Lipinski definition) is 3. The highest BCUT2D eigenvalue weighted by Gasteiger charge is 2.54. The maximum atomic E-state index is 13.1. The van der Waals surface area contributed by atoms with Crippen molar-refractivity contribution in [3.8, 4) is 0 Å². The molecule has 20 heteroatoms. The molecule has 2 aliphatic heterocycles. The fourth-order valence-electron chi connectivity index (χ4n) is 5.14. The number of rotatable bonds is 5. The minimum absolute atomic E-state index is 0.0679. The van der Waals surface area contributed by atoms with Crippen molar-refractivity contribution in [1.29, 1.82) is 0 Å². The molecule has 1 fully saturated rings. The normalized spacial score (nSPS) is 15.4. The molecule has 13 nitrogen and oxygen atoms in total. The predicted molar refractivity (Wildman–Crippen MR) is 168 cm³/mol. The van der Waals surface area contributed by atoms with Crippen molar-refractivity contribution in [2.24, 2.45) is 5.92 Å². The number of nitrogens with one attached hydrogen (secondary N) is 3. The molecule has 3 N–H and O–H groups in total. The number of ketones is 2. The Bertz CT molecular complexity index is 1920. The van der Waals surface area contributed by atoms with E-state index in [4.69, 9.17) is 16.1 Å². The molecular weight excluding hydrogens is 714 g/mol. The maximum absolute atomic E-state index is 13.1. The molecule has 2 aliphatic rings. The quantitative estimate of drug-likeness (QED) is 0.166. The molecule has 2 amide bonds. The molecule has 51 heavy (non-hydrogen) atoms. The Morgan fingerprint density at radius 1 is 0.941 bits per heavy atom. The molecule has 6 rings (SSSR count). The van der Waals surface area contributed by atoms with Gasteiger partial charge in [0, 0.05) is 43.1 Å². The molecule has 0 radical (unpaired) electrons. The zero-order valence-electron chi connectivity index (χ0n) is 25.9. The van der Waals surface area contributed by atoms with Crippen LogP contribution in [0.3, 0.4) is 0 Å². The van der Waals surface area contributed by atoms with Crippen LogP contribution in [-0.4, -0.2) is 73.8 Å². The van der Waals surface area contributed by atoms with Gasteiger partial charge in [-0.05, 0) is 60.6 Å². The summed E-state index contributed by atoms with van der Waals surface area (Å²) in [4.78, 5) is 59.6. The van der Waals surface area contributed by atoms with Crippen LogP contribution in [0.2, 0.25) is 5.02 Å². The maximum Gasteiger partial charge on any atom is 0.458 e. The second kappa shape index (κ2) is 15.1. The average Bonchev–Trinajstić information content (AvgIpc) is 3.78. The summed E-state index contributed by atoms with van der Waals surface area (Å²) in [6.07, 6.45) is -2.56. The molecule has 268 valence electrons. The molecule has 6 bridgehead atoms. The number of aromatic nitrogens is 4. The average molecular weight is 739 g/mol. The number of hydrogen-bond acceptors (Lipinski definition) is 11. The van der Waals surface area contributed by atoms with E-state index in [1.165, 1.54) is 12.4 Å². The first-order valence-electron chi connectivity index (χ1n) is 14.9. The minimum atomic E-state index is -5.77. The zero-order valence-corrected chi connectivity index (χ0v) is 26.7. The van der Waals surface area contributed by atoms with Gasteiger partial charge in [0.1, 0.15) is 5.02 Å². The predicted octanol–water partition coefficient (Wildman–Crippen LogP) is 5.84. The van der Waals surface area contributed by atoms with E-state index in [-0.39, 0.29) is 23.5 Å². The number of Topliss-reactive ketones (excluding diaryl/α,β-unsaturated/α-hetero) is 2. The van der Waals surface area contributed by atoms with E-state index in [0.717, 1.165) is 41.0 Å². The molecule has 0 spiro atoms. The first-order chi connectivity index (χ1) is 24.1. The van der Waals surface area contributed by atoms with Crippen LogP contribution in [0.5, 0.6) is 0 Å². The summed E-state index contributed by atoms with van der Waals surface area (Å²) >= 11 is 6.36. The van der Waals surface area contributed by atoms with Crippen molar-refractivity contribution in [2.45, 2.75) is 38.0 Å². The van der Waals surface area contributed by atoms with Crippen LogP contribution in [-0.2, 0) is 27.2 Å². The minimum Gasteiger partial charge on any atom is -0.351 e. The van der Waals surface area contributed by atoms with Gasteiger partial charge in [0.15, 0.2) is 5.82 Å². The number of benzene rings is 1. The summed E-state index contributed by atoms with van der Waals surface area (Å²) in [5.41, 5.74) is 4.30. The lowest BCUT2D eigenvalue weighted by Gasteiger charge is -2.16. The van der Waals surface area contributed by atoms with E-state index in [2.05, 4.69) is 36.1 Å². The molecule has 1 atom stereocenters. The number of pyridine rings is 1. The van der Waals surface area contributed by atoms with Gasteiger partial charge in [0.05, 0.1) is 24.3 Å². The van der Waals surface area contributed by atoms with Crippen molar-refractivity contribution in [3.05, 3.63) is 77.0 Å². The summed E-state index contributed by atoms with van der Waals surface area (Å²) in [5, 5.41) is 13.5. The lowest BCUT2D eigenvalue weighted by atomic mass is 10.0. The Balaban J connectivity index is 0.000000362. The van der Waals surface area contributed by atoms with Gasteiger partial charge in [0.25, 0.3) is 5.91 Å². The Morgan fingerprint density at radius 3 is 2.37 bits per heavy atom. The van der Waals surface area contributed by atoms with Crippen LogP contribution in [0.4, 0.5) is 55.2 Å². The van der Waals surface area contributed by atoms with Gasteiger partial charge in [-0.15, -0.1) is 0 Å². The monoisotopic (exact) mass is 738 g/mol. The number of amides is 2. The second-order valence-electron chi connectivity index (χ2n) is 11.3. The van der Waals surface area contributed by atoms with Crippen LogP contribution in [0.1, 0.15) is 34.5 Å². The number of likely N-dealkylation sites (tertiary alicyclic amines) is 1. The van der Waals surface area contributed by atoms with E-state index in [0.29, 0.717) is 42.7 Å². The molecule has 0 unspecified atom stereocenters. The first-order valence-corrected chi connectivity index (χ1v) is 15.3. The number of alkyl halides is 6. The van der Waals surface area contributed by atoms with Gasteiger partial charge in [-0.25, -0.2) is 4.98 Å². The van der Waals surface area contributed by atoms with Gasteiger partial charge >= 0.3 is 23.9 Å². The molecule has 4 aromatic rings. The smallest absolute Gasteiger partial charge is 0.351 e. The number of halogens is 7. The van der Waals surface area contributed by atoms with E-state index in [1.807, 2.05) is 30.5 Å². The topological polar surface area (TPSA) is 172 Å². The van der Waals surface area contributed by atoms with Crippen LogP contribution < -0.4 is 16.0 Å². The van der Waals surface area contributed by atoms with Crippen molar-refractivity contribution < 1.29 is 50.0 Å². The van der Waals surface area contributed by atoms with Gasteiger partial charge < -0.3 is 25.4 Å². The number of fused-ring (bicyclic) bond motifs is 6. The van der Waals surface area contributed by atoms with E-state index in [9.17, 15) is 45.5 Å². The van der Waals surface area contributed by atoms with Crippen molar-refractivity contribution >= 4 is 63.8 Å². The molecule has 5 heterocycles. The molecule has 1 aromatic carbocycles. The Hall–Kier alpha value is -5.59. The zero-order chi connectivity index (χ0) is 36.9. The van der Waals surface area contributed by atoms with E-state index >= 15 is 0 Å². The van der Waals surface area contributed by atoms with Crippen molar-refractivity contribution in [2.75, 3.05) is 29.0 Å². The number of aryl methyl sites for hydroxylation is 2. The lowest BCUT2D eigenvalue weighted by Crippen LogP contribution is -2.39. The number of anilines is 5. The molecule has 3 aromatic heterocycles. The SMILES string of the molecule is O=C(C(=O)C(F)(F)F)C(F)(F)F.O=C(C[C@@H]1CCN(C(=O)c2ccno2)C1)Nc1ccc2cc1CCc1cncc(c1)Nc1ncc(Cl)c(n1)N2. The number of carbonyl (C=O) groups is 4. The Labute approximate surface area is 288 Å². The van der Waals surface area contributed by atoms with Gasteiger partial charge in [-0.2, -0.15) is 31.3 Å². The van der Waals surface area contributed by atoms with Gasteiger partial charge in [-0.1, -0.05) is 16.8 Å². The highest BCUT2D eigenvalue weighted by molar-refractivity contribution is 6.41. The fourth-order valence-corrected chi connectivity index (χ4v) is 5.28. The van der Waals surface area contributed by atoms with E-state index in [1.54, 1.807) is 17.2 Å². The summed E-state index contributed by atoms with van der Waals surface area (Å²) < 4.78 is 71.9. The molecule has 0 saturated carbocycles. The van der Waals surface area contributed by atoms with E-state index < -0.39 is 23.9 Å². The van der Waals surface area contributed by atoms with Crippen molar-refractivity contribution in [1.82, 2.24) is 25.0 Å². The Kier molecular flexibility index (Phi) is 10.9.